The summed E-state index contributed by atoms with van der Waals surface area (Å²) in [5.41, 5.74) is 8.00. The van der Waals surface area contributed by atoms with Crippen molar-refractivity contribution in [2.45, 2.75) is 84.5 Å². The first-order valence-corrected chi connectivity index (χ1v) is 13.7. The van der Waals surface area contributed by atoms with Crippen LogP contribution in [0.25, 0.3) is 11.1 Å². The van der Waals surface area contributed by atoms with Gasteiger partial charge in [0.25, 0.3) is 0 Å². The molecule has 4 rings (SSSR count). The molecule has 2 nitrogen and oxygen atoms in total. The van der Waals surface area contributed by atoms with E-state index in [4.69, 9.17) is 4.98 Å². The number of hydrogen-bond acceptors (Lipinski definition) is 2. The Morgan fingerprint density at radius 3 is 2.38 bits per heavy atom. The molecule has 2 atom stereocenters. The smallest absolute Gasteiger partial charge is 0.178 e. The number of pyridine rings is 1. The van der Waals surface area contributed by atoms with Gasteiger partial charge in [0.15, 0.2) is 5.52 Å². The fourth-order valence-electron chi connectivity index (χ4n) is 5.04. The Morgan fingerprint density at radius 2 is 1.82 bits per heavy atom. The largest absolute Gasteiger partial charge is 0.290 e. The zero-order valence-corrected chi connectivity index (χ0v) is 22.1. The van der Waals surface area contributed by atoms with Crippen LogP contribution < -0.4 is 0 Å². The van der Waals surface area contributed by atoms with E-state index in [2.05, 4.69) is 66.2 Å². The predicted octanol–water partition coefficient (Wildman–Crippen LogP) is 8.21. The SMILES string of the molecule is CCCC#CC(=C(CC(CC)C1CCC1)c1ccc(C(=O)P)cc1)c1cc(C2CC2)cnc1C. The lowest BCUT2D eigenvalue weighted by atomic mass is 9.71. The van der Waals surface area contributed by atoms with Crippen LogP contribution in [-0.2, 0) is 0 Å². The Morgan fingerprint density at radius 1 is 1.12 bits per heavy atom. The van der Waals surface area contributed by atoms with Crippen molar-refractivity contribution in [3.05, 3.63) is 64.5 Å². The zero-order chi connectivity index (χ0) is 24.1. The molecule has 1 aromatic carbocycles. The van der Waals surface area contributed by atoms with Crippen LogP contribution in [0.15, 0.2) is 36.5 Å². The van der Waals surface area contributed by atoms with Gasteiger partial charge in [0, 0.05) is 35.0 Å². The molecule has 34 heavy (non-hydrogen) atoms. The maximum absolute atomic E-state index is 11.9. The molecule has 0 N–H and O–H groups in total. The van der Waals surface area contributed by atoms with Crippen LogP contribution in [0, 0.1) is 30.6 Å². The van der Waals surface area contributed by atoms with Gasteiger partial charge in [-0.15, -0.1) is 0 Å². The minimum atomic E-state index is 0.0260. The van der Waals surface area contributed by atoms with E-state index in [1.807, 2.05) is 12.1 Å². The van der Waals surface area contributed by atoms with E-state index >= 15 is 0 Å². The summed E-state index contributed by atoms with van der Waals surface area (Å²) in [4.78, 5) is 16.7. The summed E-state index contributed by atoms with van der Waals surface area (Å²) in [6.07, 6.45) is 12.8. The predicted molar refractivity (Wildman–Crippen MR) is 147 cm³/mol. The highest BCUT2D eigenvalue weighted by atomic mass is 31.0. The summed E-state index contributed by atoms with van der Waals surface area (Å²) in [5.74, 6) is 9.22. The number of aryl methyl sites for hydroxylation is 1. The van der Waals surface area contributed by atoms with Gasteiger partial charge in [0.1, 0.15) is 0 Å². The average molecular weight is 472 g/mol. The van der Waals surface area contributed by atoms with Gasteiger partial charge in [-0.1, -0.05) is 84.9 Å². The molecule has 2 fully saturated rings. The van der Waals surface area contributed by atoms with E-state index in [1.165, 1.54) is 60.8 Å². The van der Waals surface area contributed by atoms with Crippen molar-refractivity contribution in [3.63, 3.8) is 0 Å². The number of allylic oxidation sites excluding steroid dienone is 2. The lowest BCUT2D eigenvalue weighted by Crippen LogP contribution is -2.22. The number of aromatic nitrogens is 1. The summed E-state index contributed by atoms with van der Waals surface area (Å²) < 4.78 is 0. The summed E-state index contributed by atoms with van der Waals surface area (Å²) in [6.45, 7) is 6.63. The normalized spacial score (nSPS) is 17.3. The Labute approximate surface area is 208 Å². The molecule has 0 bridgehead atoms. The Balaban J connectivity index is 1.88. The molecule has 2 saturated carbocycles. The van der Waals surface area contributed by atoms with Crippen LogP contribution in [-0.4, -0.2) is 10.5 Å². The molecule has 2 unspecified atom stereocenters. The molecule has 2 aliphatic carbocycles. The third-order valence-electron chi connectivity index (χ3n) is 7.64. The Hall–Kier alpha value is -2.23. The van der Waals surface area contributed by atoms with Crippen LogP contribution in [0.3, 0.4) is 0 Å². The van der Waals surface area contributed by atoms with E-state index in [-0.39, 0.29) is 5.52 Å². The van der Waals surface area contributed by atoms with E-state index in [0.29, 0.717) is 11.8 Å². The quantitative estimate of drug-likeness (QED) is 0.272. The standard InChI is InChI=1S/C31H38NOP/c1-4-6-7-11-28(29-19-27(24-12-13-24)20-32-21(29)3)30(18-22(5-2)23-9-8-10-23)25-14-16-26(17-15-25)31(33)34/h14-17,19-20,22-24H,4-6,8-10,12-13,18,34H2,1-3H3. The minimum Gasteiger partial charge on any atom is -0.290 e. The first-order valence-electron chi connectivity index (χ1n) is 13.1. The molecule has 2 aromatic rings. The summed E-state index contributed by atoms with van der Waals surface area (Å²) in [6, 6.07) is 10.5. The van der Waals surface area contributed by atoms with Gasteiger partial charge in [-0.3, -0.25) is 9.78 Å². The first kappa shape index (κ1) is 24.9. The number of carbonyl (C=O) groups excluding carboxylic acids is 1. The molecule has 0 saturated heterocycles. The van der Waals surface area contributed by atoms with Crippen LogP contribution in [0.5, 0.6) is 0 Å². The second kappa shape index (κ2) is 11.5. The van der Waals surface area contributed by atoms with Gasteiger partial charge in [-0.25, -0.2) is 0 Å². The molecule has 0 amide bonds. The highest BCUT2D eigenvalue weighted by Crippen LogP contribution is 2.44. The fraction of sp³-hybridized carbons (Fsp3) is 0.484. The van der Waals surface area contributed by atoms with Crippen molar-refractivity contribution in [1.82, 2.24) is 4.98 Å². The van der Waals surface area contributed by atoms with Crippen molar-refractivity contribution in [3.8, 4) is 11.8 Å². The topological polar surface area (TPSA) is 30.0 Å². The van der Waals surface area contributed by atoms with Crippen molar-refractivity contribution in [2.75, 3.05) is 0 Å². The van der Waals surface area contributed by atoms with Gasteiger partial charge in [0.2, 0.25) is 0 Å². The lowest BCUT2D eigenvalue weighted by Gasteiger charge is -2.34. The third-order valence-corrected chi connectivity index (χ3v) is 7.97. The van der Waals surface area contributed by atoms with Crippen LogP contribution in [0.2, 0.25) is 0 Å². The first-order chi connectivity index (χ1) is 16.5. The molecule has 3 heteroatoms. The van der Waals surface area contributed by atoms with Crippen LogP contribution >= 0.6 is 9.24 Å². The monoisotopic (exact) mass is 471 g/mol. The summed E-state index contributed by atoms with van der Waals surface area (Å²) in [7, 11) is 2.28. The Kier molecular flexibility index (Phi) is 8.39. The molecule has 0 aliphatic heterocycles. The molecule has 0 radical (unpaired) electrons. The number of unbranched alkanes of at least 4 members (excludes halogenated alkanes) is 1. The third kappa shape index (κ3) is 5.87. The molecule has 2 aliphatic rings. The number of nitrogens with zero attached hydrogens (tertiary/aromatic N) is 1. The van der Waals surface area contributed by atoms with Gasteiger partial charge >= 0.3 is 0 Å². The maximum Gasteiger partial charge on any atom is 0.178 e. The number of benzene rings is 1. The molecule has 1 aromatic heterocycles. The number of hydrogen-bond donors (Lipinski definition) is 0. The highest BCUT2D eigenvalue weighted by molar-refractivity contribution is 7.41. The molecule has 178 valence electrons. The molecular weight excluding hydrogens is 433 g/mol. The summed E-state index contributed by atoms with van der Waals surface area (Å²) >= 11 is 0. The van der Waals surface area contributed by atoms with Crippen molar-refractivity contribution >= 4 is 25.9 Å². The van der Waals surface area contributed by atoms with E-state index in [9.17, 15) is 4.79 Å². The van der Waals surface area contributed by atoms with Crippen molar-refractivity contribution in [1.29, 1.82) is 0 Å². The number of rotatable bonds is 9. The van der Waals surface area contributed by atoms with E-state index in [0.717, 1.165) is 42.0 Å². The second-order valence-corrected chi connectivity index (χ2v) is 10.6. The zero-order valence-electron chi connectivity index (χ0n) is 21.0. The van der Waals surface area contributed by atoms with Gasteiger partial charge in [0.05, 0.1) is 0 Å². The van der Waals surface area contributed by atoms with Gasteiger partial charge in [-0.2, -0.15) is 0 Å². The highest BCUT2D eigenvalue weighted by Gasteiger charge is 2.29. The molecule has 0 spiro atoms. The van der Waals surface area contributed by atoms with Gasteiger partial charge in [-0.05, 0) is 73.1 Å². The second-order valence-electron chi connectivity index (χ2n) is 10.1. The van der Waals surface area contributed by atoms with Crippen LogP contribution in [0.4, 0.5) is 0 Å². The average Bonchev–Trinajstić information content (AvgIpc) is 3.65. The molecule has 1 heterocycles. The van der Waals surface area contributed by atoms with E-state index < -0.39 is 0 Å². The Bertz CT molecular complexity index is 1110. The van der Waals surface area contributed by atoms with Crippen molar-refractivity contribution in [2.24, 2.45) is 11.8 Å². The molecular formula is C31H38NOP. The summed E-state index contributed by atoms with van der Waals surface area (Å²) in [5, 5.41) is 0. The van der Waals surface area contributed by atoms with Gasteiger partial charge < -0.3 is 0 Å². The lowest BCUT2D eigenvalue weighted by molar-refractivity contribution is 0.108. The van der Waals surface area contributed by atoms with E-state index in [1.54, 1.807) is 0 Å². The number of carbonyl (C=O) groups is 1. The van der Waals surface area contributed by atoms with Crippen molar-refractivity contribution < 1.29 is 4.79 Å². The minimum absolute atomic E-state index is 0.0260. The fourth-order valence-corrected chi connectivity index (χ4v) is 5.23. The maximum atomic E-state index is 11.9. The van der Waals surface area contributed by atoms with Crippen LogP contribution in [0.1, 0.15) is 110 Å².